The number of aromatic amines is 1. The molecule has 3 aromatic rings. The number of aromatic nitrogens is 2. The van der Waals surface area contributed by atoms with Crippen LogP contribution in [-0.2, 0) is 6.42 Å². The van der Waals surface area contributed by atoms with Gasteiger partial charge < -0.3 is 5.11 Å². The highest BCUT2D eigenvalue weighted by Gasteiger charge is 2.17. The standard InChI is InChI=1S/C15H12N2O2/c18-14-12(10-11-6-2-1-3-7-11)15(19)17-9-5-4-8-13(17)16-14/h1-9H,10H2,(H,18,19)/p+1. The van der Waals surface area contributed by atoms with E-state index in [4.69, 9.17) is 0 Å². The quantitative estimate of drug-likeness (QED) is 0.678. The number of nitrogens with one attached hydrogen (secondary N) is 1. The summed E-state index contributed by atoms with van der Waals surface area (Å²) < 4.78 is 1.57. The third-order valence-electron chi connectivity index (χ3n) is 3.10. The highest BCUT2D eigenvalue weighted by molar-refractivity contribution is 5.34. The van der Waals surface area contributed by atoms with Gasteiger partial charge in [-0.3, -0.25) is 0 Å². The lowest BCUT2D eigenvalue weighted by molar-refractivity contribution is -0.526. The average Bonchev–Trinajstić information content (AvgIpc) is 2.45. The van der Waals surface area contributed by atoms with Crippen molar-refractivity contribution in [3.63, 3.8) is 0 Å². The van der Waals surface area contributed by atoms with Crippen LogP contribution in [0.5, 0.6) is 5.88 Å². The van der Waals surface area contributed by atoms with E-state index in [0.29, 0.717) is 17.6 Å². The highest BCUT2D eigenvalue weighted by Crippen LogP contribution is 2.12. The van der Waals surface area contributed by atoms with E-state index < -0.39 is 0 Å². The van der Waals surface area contributed by atoms with Crippen molar-refractivity contribution in [2.75, 3.05) is 0 Å². The molecule has 0 unspecified atom stereocenters. The van der Waals surface area contributed by atoms with Crippen LogP contribution in [0.25, 0.3) is 5.65 Å². The molecular weight excluding hydrogens is 240 g/mol. The molecule has 0 amide bonds. The molecule has 0 atom stereocenters. The molecule has 19 heavy (non-hydrogen) atoms. The number of aromatic hydroxyl groups is 1. The van der Waals surface area contributed by atoms with Crippen LogP contribution in [0.2, 0.25) is 0 Å². The van der Waals surface area contributed by atoms with Crippen LogP contribution in [0.4, 0.5) is 0 Å². The number of pyridine rings is 1. The Labute approximate surface area is 109 Å². The first-order valence-corrected chi connectivity index (χ1v) is 6.04. The zero-order valence-corrected chi connectivity index (χ0v) is 10.2. The summed E-state index contributed by atoms with van der Waals surface area (Å²) in [6.07, 6.45) is 2.12. The third kappa shape index (κ3) is 2.08. The summed E-state index contributed by atoms with van der Waals surface area (Å²) in [5, 5.41) is 10.2. The van der Waals surface area contributed by atoms with Gasteiger partial charge in [0.2, 0.25) is 0 Å². The summed E-state index contributed by atoms with van der Waals surface area (Å²) in [6.45, 7) is 0. The molecule has 0 bridgehead atoms. The molecule has 1 aromatic carbocycles. The second kappa shape index (κ2) is 4.57. The first-order valence-electron chi connectivity index (χ1n) is 6.04. The smallest absolute Gasteiger partial charge is 0.343 e. The van der Waals surface area contributed by atoms with E-state index in [1.165, 1.54) is 0 Å². The fourth-order valence-electron chi connectivity index (χ4n) is 2.13. The Morgan fingerprint density at radius 3 is 2.58 bits per heavy atom. The monoisotopic (exact) mass is 253 g/mol. The van der Waals surface area contributed by atoms with Crippen molar-refractivity contribution in [1.82, 2.24) is 4.98 Å². The largest absolute Gasteiger partial charge is 0.477 e. The third-order valence-corrected chi connectivity index (χ3v) is 3.10. The maximum absolute atomic E-state index is 12.0. The summed E-state index contributed by atoms with van der Waals surface area (Å²) >= 11 is 0. The number of H-pyrrole nitrogens is 1. The van der Waals surface area contributed by atoms with Gasteiger partial charge in [0.05, 0.1) is 6.20 Å². The number of rotatable bonds is 2. The van der Waals surface area contributed by atoms with Gasteiger partial charge in [-0.2, -0.15) is 4.40 Å². The van der Waals surface area contributed by atoms with Crippen LogP contribution in [-0.4, -0.2) is 10.1 Å². The van der Waals surface area contributed by atoms with E-state index in [9.17, 15) is 9.90 Å². The van der Waals surface area contributed by atoms with E-state index in [1.54, 1.807) is 22.7 Å². The van der Waals surface area contributed by atoms with Crippen LogP contribution >= 0.6 is 0 Å². The summed E-state index contributed by atoms with van der Waals surface area (Å²) in [7, 11) is 0. The molecule has 2 aromatic heterocycles. The fourth-order valence-corrected chi connectivity index (χ4v) is 2.13. The van der Waals surface area contributed by atoms with Gasteiger partial charge in [-0.15, -0.1) is 0 Å². The maximum atomic E-state index is 12.0. The number of fused-ring (bicyclic) bond motifs is 1. The van der Waals surface area contributed by atoms with Crippen molar-refractivity contribution in [1.29, 1.82) is 0 Å². The van der Waals surface area contributed by atoms with E-state index in [2.05, 4.69) is 4.98 Å². The Kier molecular flexibility index (Phi) is 2.76. The van der Waals surface area contributed by atoms with E-state index in [0.717, 1.165) is 5.56 Å². The lowest BCUT2D eigenvalue weighted by Crippen LogP contribution is -2.30. The predicted octanol–water partition coefficient (Wildman–Crippen LogP) is 1.41. The molecule has 2 heterocycles. The first kappa shape index (κ1) is 11.5. The average molecular weight is 253 g/mol. The SMILES string of the molecule is O=c1[nH]c2cccc[n+]2c(O)c1Cc1ccccc1. The second-order valence-corrected chi connectivity index (χ2v) is 4.37. The van der Waals surface area contributed by atoms with Gasteiger partial charge in [-0.25, -0.2) is 9.78 Å². The fraction of sp³-hybridized carbons (Fsp3) is 0.0667. The molecule has 0 aliphatic carbocycles. The van der Waals surface area contributed by atoms with Crippen molar-refractivity contribution >= 4 is 5.65 Å². The summed E-state index contributed by atoms with van der Waals surface area (Å²) in [5.74, 6) is -0.0109. The molecule has 0 saturated heterocycles. The summed E-state index contributed by atoms with van der Waals surface area (Å²) in [4.78, 5) is 14.8. The Hall–Kier alpha value is -2.62. The van der Waals surface area contributed by atoms with E-state index >= 15 is 0 Å². The second-order valence-electron chi connectivity index (χ2n) is 4.37. The first-order chi connectivity index (χ1) is 9.25. The highest BCUT2D eigenvalue weighted by atomic mass is 16.3. The van der Waals surface area contributed by atoms with Crippen molar-refractivity contribution in [2.24, 2.45) is 0 Å². The molecule has 4 heteroatoms. The summed E-state index contributed by atoms with van der Waals surface area (Å²) in [5.41, 5.74) is 1.67. The molecule has 2 N–H and O–H groups in total. The van der Waals surface area contributed by atoms with E-state index in [1.807, 2.05) is 36.4 Å². The van der Waals surface area contributed by atoms with Crippen molar-refractivity contribution in [3.05, 3.63) is 76.2 Å². The van der Waals surface area contributed by atoms with Gasteiger partial charge >= 0.3 is 5.56 Å². The minimum atomic E-state index is -0.257. The van der Waals surface area contributed by atoms with Gasteiger partial charge in [0.25, 0.3) is 11.5 Å². The molecule has 94 valence electrons. The van der Waals surface area contributed by atoms with Crippen LogP contribution in [0.3, 0.4) is 0 Å². The van der Waals surface area contributed by atoms with Gasteiger partial charge in [0.15, 0.2) is 0 Å². The lowest BCUT2D eigenvalue weighted by atomic mass is 10.1. The Bertz CT molecular complexity index is 779. The molecule has 0 spiro atoms. The molecule has 0 radical (unpaired) electrons. The van der Waals surface area contributed by atoms with Gasteiger partial charge in [-0.05, 0) is 11.6 Å². The minimum Gasteiger partial charge on any atom is -0.477 e. The molecule has 4 nitrogen and oxygen atoms in total. The van der Waals surface area contributed by atoms with Crippen LogP contribution < -0.4 is 9.96 Å². The predicted molar refractivity (Wildman–Crippen MR) is 71.1 cm³/mol. The Balaban J connectivity index is 2.16. The number of hydrogen-bond donors (Lipinski definition) is 2. The summed E-state index contributed by atoms with van der Waals surface area (Å²) in [6, 6.07) is 15.0. The molecule has 0 fully saturated rings. The number of benzene rings is 1. The van der Waals surface area contributed by atoms with Gasteiger partial charge in [-0.1, -0.05) is 36.4 Å². The van der Waals surface area contributed by atoms with Crippen molar-refractivity contribution in [3.8, 4) is 5.88 Å². The van der Waals surface area contributed by atoms with Crippen LogP contribution in [0.1, 0.15) is 11.1 Å². The topological polar surface area (TPSA) is 57.2 Å². The zero-order chi connectivity index (χ0) is 13.2. The van der Waals surface area contributed by atoms with Crippen molar-refractivity contribution in [2.45, 2.75) is 6.42 Å². The molecular formula is C15H13N2O2+. The molecule has 0 saturated carbocycles. The van der Waals surface area contributed by atoms with Crippen LogP contribution in [0, 0.1) is 0 Å². The molecule has 0 aliphatic rings. The number of hydrogen-bond acceptors (Lipinski definition) is 2. The molecule has 0 aliphatic heterocycles. The zero-order valence-electron chi connectivity index (χ0n) is 10.2. The van der Waals surface area contributed by atoms with E-state index in [-0.39, 0.29) is 11.4 Å². The van der Waals surface area contributed by atoms with Crippen molar-refractivity contribution < 1.29 is 9.51 Å². The Morgan fingerprint density at radius 2 is 1.79 bits per heavy atom. The Morgan fingerprint density at radius 1 is 1.05 bits per heavy atom. The minimum absolute atomic E-state index is 0.0109. The van der Waals surface area contributed by atoms with Crippen LogP contribution in [0.15, 0.2) is 59.5 Å². The normalized spacial score (nSPS) is 10.7. The van der Waals surface area contributed by atoms with Gasteiger partial charge in [0.1, 0.15) is 5.56 Å². The molecule has 3 rings (SSSR count). The lowest BCUT2D eigenvalue weighted by Gasteiger charge is -2.02. The number of nitrogens with zero attached hydrogens (tertiary/aromatic N) is 1. The van der Waals surface area contributed by atoms with Gasteiger partial charge in [0, 0.05) is 12.5 Å². The maximum Gasteiger partial charge on any atom is 0.343 e.